The number of likely N-dealkylation sites (N-methyl/N-ethyl adjacent to an activating group) is 1. The van der Waals surface area contributed by atoms with Crippen molar-refractivity contribution in [2.75, 3.05) is 53.0 Å². The van der Waals surface area contributed by atoms with Gasteiger partial charge in [0.1, 0.15) is 0 Å². The Labute approximate surface area is 91.2 Å². The highest BCUT2D eigenvalue weighted by Crippen LogP contribution is 1.96. The van der Waals surface area contributed by atoms with E-state index in [9.17, 15) is 4.79 Å². The summed E-state index contributed by atoms with van der Waals surface area (Å²) in [5, 5.41) is 5.68. The van der Waals surface area contributed by atoms with E-state index in [0.717, 1.165) is 45.8 Å². The zero-order valence-electron chi connectivity index (χ0n) is 9.42. The maximum atomic E-state index is 11.1. The van der Waals surface area contributed by atoms with E-state index in [1.54, 1.807) is 7.05 Å². The molecule has 0 spiro atoms. The molecule has 5 nitrogen and oxygen atoms in total. The van der Waals surface area contributed by atoms with Crippen molar-refractivity contribution in [3.63, 3.8) is 0 Å². The van der Waals surface area contributed by atoms with Gasteiger partial charge in [-0.05, 0) is 20.0 Å². The van der Waals surface area contributed by atoms with E-state index < -0.39 is 0 Å². The van der Waals surface area contributed by atoms with Gasteiger partial charge in [0.05, 0.1) is 19.8 Å². The van der Waals surface area contributed by atoms with Crippen LogP contribution in [-0.2, 0) is 9.53 Å². The molecule has 5 heteroatoms. The molecule has 0 aliphatic carbocycles. The van der Waals surface area contributed by atoms with Gasteiger partial charge in [-0.25, -0.2) is 0 Å². The summed E-state index contributed by atoms with van der Waals surface area (Å²) < 4.78 is 5.26. The largest absolute Gasteiger partial charge is 0.379 e. The predicted octanol–water partition coefficient (Wildman–Crippen LogP) is -0.956. The van der Waals surface area contributed by atoms with Crippen molar-refractivity contribution in [1.29, 1.82) is 0 Å². The monoisotopic (exact) mass is 215 g/mol. The Morgan fingerprint density at radius 1 is 1.40 bits per heavy atom. The number of carbonyl (C=O) groups excluding carboxylic acids is 1. The standard InChI is InChI=1S/C10H21N3O2/c1-11-9-10(14)12-3-2-4-13-5-7-15-8-6-13/h11H,2-9H2,1H3,(H,12,14). The average molecular weight is 215 g/mol. The minimum Gasteiger partial charge on any atom is -0.379 e. The SMILES string of the molecule is CNCC(=O)NCCCN1CCOCC1. The Balaban J connectivity index is 1.93. The zero-order chi connectivity index (χ0) is 10.9. The molecule has 2 N–H and O–H groups in total. The first kappa shape index (κ1) is 12.4. The lowest BCUT2D eigenvalue weighted by molar-refractivity contribution is -0.120. The first-order chi connectivity index (χ1) is 7.33. The van der Waals surface area contributed by atoms with Crippen LogP contribution in [0.3, 0.4) is 0 Å². The Morgan fingerprint density at radius 3 is 2.80 bits per heavy atom. The van der Waals surface area contributed by atoms with Crippen LogP contribution in [0.4, 0.5) is 0 Å². The van der Waals surface area contributed by atoms with Gasteiger partial charge >= 0.3 is 0 Å². The van der Waals surface area contributed by atoms with Gasteiger partial charge < -0.3 is 15.4 Å². The van der Waals surface area contributed by atoms with Crippen molar-refractivity contribution < 1.29 is 9.53 Å². The highest BCUT2D eigenvalue weighted by Gasteiger charge is 2.09. The fraction of sp³-hybridized carbons (Fsp3) is 0.900. The molecule has 1 saturated heterocycles. The number of hydrogen-bond acceptors (Lipinski definition) is 4. The lowest BCUT2D eigenvalue weighted by atomic mass is 10.3. The number of amides is 1. The van der Waals surface area contributed by atoms with Crippen molar-refractivity contribution in [1.82, 2.24) is 15.5 Å². The lowest BCUT2D eigenvalue weighted by Crippen LogP contribution is -2.39. The molecule has 0 bridgehead atoms. The molecular formula is C10H21N3O2. The maximum absolute atomic E-state index is 11.1. The van der Waals surface area contributed by atoms with Crippen LogP contribution in [-0.4, -0.2) is 63.8 Å². The van der Waals surface area contributed by atoms with Gasteiger partial charge in [-0.2, -0.15) is 0 Å². The summed E-state index contributed by atoms with van der Waals surface area (Å²) >= 11 is 0. The second-order valence-corrected chi connectivity index (χ2v) is 3.69. The van der Waals surface area contributed by atoms with Crippen LogP contribution in [0.5, 0.6) is 0 Å². The summed E-state index contributed by atoms with van der Waals surface area (Å²) in [7, 11) is 1.77. The highest BCUT2D eigenvalue weighted by atomic mass is 16.5. The van der Waals surface area contributed by atoms with Gasteiger partial charge in [0.2, 0.25) is 5.91 Å². The molecule has 0 saturated carbocycles. The second kappa shape index (κ2) is 7.62. The smallest absolute Gasteiger partial charge is 0.233 e. The van der Waals surface area contributed by atoms with E-state index in [1.165, 1.54) is 0 Å². The minimum absolute atomic E-state index is 0.0690. The van der Waals surface area contributed by atoms with E-state index in [2.05, 4.69) is 15.5 Å². The molecule has 0 radical (unpaired) electrons. The number of ether oxygens (including phenoxy) is 1. The van der Waals surface area contributed by atoms with Crippen LogP contribution in [0.2, 0.25) is 0 Å². The molecule has 1 rings (SSSR count). The Kier molecular flexibility index (Phi) is 6.31. The summed E-state index contributed by atoms with van der Waals surface area (Å²) in [5.74, 6) is 0.0690. The van der Waals surface area contributed by atoms with Crippen LogP contribution >= 0.6 is 0 Å². The molecule has 15 heavy (non-hydrogen) atoms. The van der Waals surface area contributed by atoms with Gasteiger partial charge in [0, 0.05) is 19.6 Å². The van der Waals surface area contributed by atoms with Crippen molar-refractivity contribution in [2.24, 2.45) is 0 Å². The number of hydrogen-bond donors (Lipinski definition) is 2. The quantitative estimate of drug-likeness (QED) is 0.561. The maximum Gasteiger partial charge on any atom is 0.233 e. The Hall–Kier alpha value is -0.650. The van der Waals surface area contributed by atoms with Crippen molar-refractivity contribution in [3.8, 4) is 0 Å². The summed E-state index contributed by atoms with van der Waals surface area (Å²) in [6, 6.07) is 0. The Bertz CT molecular complexity index is 182. The molecule has 0 aromatic carbocycles. The molecule has 88 valence electrons. The minimum atomic E-state index is 0.0690. The van der Waals surface area contributed by atoms with Gasteiger partial charge in [-0.1, -0.05) is 0 Å². The summed E-state index contributed by atoms with van der Waals surface area (Å²) in [6.45, 7) is 5.92. The molecule has 0 atom stereocenters. The third kappa shape index (κ3) is 5.71. The van der Waals surface area contributed by atoms with E-state index in [0.29, 0.717) is 6.54 Å². The van der Waals surface area contributed by atoms with Crippen molar-refractivity contribution in [2.45, 2.75) is 6.42 Å². The van der Waals surface area contributed by atoms with E-state index in [1.807, 2.05) is 0 Å². The third-order valence-corrected chi connectivity index (χ3v) is 2.41. The molecule has 1 aliphatic rings. The number of nitrogens with one attached hydrogen (secondary N) is 2. The number of morpholine rings is 1. The van der Waals surface area contributed by atoms with Crippen LogP contribution in [0.1, 0.15) is 6.42 Å². The molecule has 1 heterocycles. The van der Waals surface area contributed by atoms with Crippen LogP contribution < -0.4 is 10.6 Å². The summed E-state index contributed by atoms with van der Waals surface area (Å²) in [5.41, 5.74) is 0. The van der Waals surface area contributed by atoms with Crippen molar-refractivity contribution >= 4 is 5.91 Å². The van der Waals surface area contributed by atoms with Crippen LogP contribution in [0, 0.1) is 0 Å². The third-order valence-electron chi connectivity index (χ3n) is 2.41. The Morgan fingerprint density at radius 2 is 2.13 bits per heavy atom. The van der Waals surface area contributed by atoms with Crippen LogP contribution in [0.15, 0.2) is 0 Å². The predicted molar refractivity (Wildman–Crippen MR) is 58.8 cm³/mol. The summed E-state index contributed by atoms with van der Waals surface area (Å²) in [4.78, 5) is 13.5. The summed E-state index contributed by atoms with van der Waals surface area (Å²) in [6.07, 6.45) is 1.01. The molecule has 0 unspecified atom stereocenters. The van der Waals surface area contributed by atoms with Gasteiger partial charge in [-0.15, -0.1) is 0 Å². The van der Waals surface area contributed by atoms with Crippen LogP contribution in [0.25, 0.3) is 0 Å². The molecule has 1 fully saturated rings. The molecule has 1 aliphatic heterocycles. The molecule has 0 aromatic heterocycles. The normalized spacial score (nSPS) is 17.7. The number of rotatable bonds is 6. The number of nitrogens with zero attached hydrogens (tertiary/aromatic N) is 1. The first-order valence-corrected chi connectivity index (χ1v) is 5.54. The van der Waals surface area contributed by atoms with Gasteiger partial charge in [0.25, 0.3) is 0 Å². The van der Waals surface area contributed by atoms with Crippen molar-refractivity contribution in [3.05, 3.63) is 0 Å². The first-order valence-electron chi connectivity index (χ1n) is 5.54. The fourth-order valence-corrected chi connectivity index (χ4v) is 1.58. The second-order valence-electron chi connectivity index (χ2n) is 3.69. The number of carbonyl (C=O) groups is 1. The molecule has 1 amide bonds. The lowest BCUT2D eigenvalue weighted by Gasteiger charge is -2.26. The van der Waals surface area contributed by atoms with Gasteiger partial charge in [0.15, 0.2) is 0 Å². The van der Waals surface area contributed by atoms with E-state index in [-0.39, 0.29) is 5.91 Å². The zero-order valence-corrected chi connectivity index (χ0v) is 9.42. The van der Waals surface area contributed by atoms with Gasteiger partial charge in [-0.3, -0.25) is 9.69 Å². The fourth-order valence-electron chi connectivity index (χ4n) is 1.58. The molecular weight excluding hydrogens is 194 g/mol. The average Bonchev–Trinajstić information content (AvgIpc) is 2.26. The van der Waals surface area contributed by atoms with E-state index in [4.69, 9.17) is 4.74 Å². The molecule has 0 aromatic rings. The topological polar surface area (TPSA) is 53.6 Å². The van der Waals surface area contributed by atoms with E-state index >= 15 is 0 Å². The highest BCUT2D eigenvalue weighted by molar-refractivity contribution is 5.77.